The monoisotopic (exact) mass is 174 g/mol. The second-order valence-corrected chi connectivity index (χ2v) is 3.90. The van der Waals surface area contributed by atoms with E-state index >= 15 is 0 Å². The van der Waals surface area contributed by atoms with Crippen molar-refractivity contribution >= 4 is 0 Å². The van der Waals surface area contributed by atoms with Gasteiger partial charge in [0, 0.05) is 6.61 Å². The molecule has 0 aromatic heterocycles. The lowest BCUT2D eigenvalue weighted by Crippen LogP contribution is -2.37. The zero-order valence-corrected chi connectivity index (χ0v) is 8.87. The van der Waals surface area contributed by atoms with E-state index in [0.29, 0.717) is 12.5 Å². The van der Waals surface area contributed by atoms with E-state index in [-0.39, 0.29) is 18.1 Å². The van der Waals surface area contributed by atoms with Crippen molar-refractivity contribution < 1.29 is 9.84 Å². The molecule has 0 bridgehead atoms. The molecule has 0 saturated carbocycles. The molecule has 0 aromatic carbocycles. The molecule has 12 heavy (non-hydrogen) atoms. The summed E-state index contributed by atoms with van der Waals surface area (Å²) in [4.78, 5) is 0. The average Bonchev–Trinajstić information content (AvgIpc) is 1.98. The third-order valence-corrected chi connectivity index (χ3v) is 2.04. The van der Waals surface area contributed by atoms with Crippen LogP contribution in [0.15, 0.2) is 0 Å². The van der Waals surface area contributed by atoms with Crippen LogP contribution in [0.2, 0.25) is 0 Å². The maximum atomic E-state index is 9.76. The molecule has 0 radical (unpaired) electrons. The molecule has 2 atom stereocenters. The smallest absolute Gasteiger partial charge is 0.0859 e. The molecule has 74 valence electrons. The Morgan fingerprint density at radius 3 is 1.83 bits per heavy atom. The van der Waals surface area contributed by atoms with Crippen LogP contribution >= 0.6 is 0 Å². The highest BCUT2D eigenvalue weighted by Gasteiger charge is 2.25. The molecule has 0 spiro atoms. The number of ether oxygens (including phenoxy) is 1. The van der Waals surface area contributed by atoms with Crippen LogP contribution in [0.1, 0.15) is 34.6 Å². The van der Waals surface area contributed by atoms with Crippen LogP contribution in [0.4, 0.5) is 0 Å². The molecule has 0 fully saturated rings. The summed E-state index contributed by atoms with van der Waals surface area (Å²) in [6, 6.07) is 0. The van der Waals surface area contributed by atoms with Gasteiger partial charge in [-0.2, -0.15) is 0 Å². The fraction of sp³-hybridized carbons (Fsp3) is 1.00. The summed E-state index contributed by atoms with van der Waals surface area (Å²) in [5.74, 6) is 0.645. The third-order valence-electron chi connectivity index (χ3n) is 2.04. The number of hydrogen-bond acceptors (Lipinski definition) is 2. The van der Waals surface area contributed by atoms with E-state index < -0.39 is 0 Å². The van der Waals surface area contributed by atoms with Crippen LogP contribution in [-0.4, -0.2) is 23.9 Å². The normalized spacial score (nSPS) is 17.0. The van der Waals surface area contributed by atoms with Gasteiger partial charge in [0.1, 0.15) is 0 Å². The van der Waals surface area contributed by atoms with Crippen LogP contribution in [0.25, 0.3) is 0 Å². The van der Waals surface area contributed by atoms with Gasteiger partial charge in [-0.15, -0.1) is 0 Å². The van der Waals surface area contributed by atoms with Gasteiger partial charge in [-0.05, 0) is 18.8 Å². The second kappa shape index (κ2) is 5.55. The van der Waals surface area contributed by atoms with Crippen LogP contribution < -0.4 is 0 Å². The molecule has 2 heteroatoms. The zero-order valence-electron chi connectivity index (χ0n) is 8.87. The lowest BCUT2D eigenvalue weighted by molar-refractivity contribution is -0.0741. The van der Waals surface area contributed by atoms with Gasteiger partial charge >= 0.3 is 0 Å². The number of aliphatic hydroxyl groups excluding tert-OH is 1. The van der Waals surface area contributed by atoms with Crippen LogP contribution in [0.5, 0.6) is 0 Å². The van der Waals surface area contributed by atoms with Crippen molar-refractivity contribution in [2.45, 2.75) is 46.8 Å². The van der Waals surface area contributed by atoms with Crippen molar-refractivity contribution in [3.63, 3.8) is 0 Å². The van der Waals surface area contributed by atoms with E-state index in [1.54, 1.807) is 0 Å². The lowest BCUT2D eigenvalue weighted by atomic mass is 9.94. The highest BCUT2D eigenvalue weighted by Crippen LogP contribution is 2.16. The summed E-state index contributed by atoms with van der Waals surface area (Å²) in [6.45, 7) is 10.8. The summed E-state index contributed by atoms with van der Waals surface area (Å²) in [5.41, 5.74) is 0. The molecule has 0 amide bonds. The third kappa shape index (κ3) is 3.55. The first-order chi connectivity index (χ1) is 5.50. The van der Waals surface area contributed by atoms with Crippen molar-refractivity contribution in [3.05, 3.63) is 0 Å². The summed E-state index contributed by atoms with van der Waals surface area (Å²) < 4.78 is 5.48. The molecular weight excluding hydrogens is 152 g/mol. The van der Waals surface area contributed by atoms with E-state index in [0.717, 1.165) is 0 Å². The molecular formula is C10H22O2. The summed E-state index contributed by atoms with van der Waals surface area (Å²) >= 11 is 0. The van der Waals surface area contributed by atoms with Crippen LogP contribution in [-0.2, 0) is 4.74 Å². The van der Waals surface area contributed by atoms with Gasteiger partial charge in [0.25, 0.3) is 0 Å². The predicted molar refractivity (Wildman–Crippen MR) is 51.1 cm³/mol. The molecule has 0 heterocycles. The zero-order chi connectivity index (χ0) is 9.72. The molecule has 0 rings (SSSR count). The fourth-order valence-corrected chi connectivity index (χ4v) is 1.26. The molecule has 2 nitrogen and oxygen atoms in total. The number of aliphatic hydroxyl groups is 1. The maximum Gasteiger partial charge on any atom is 0.0859 e. The summed E-state index contributed by atoms with van der Waals surface area (Å²) in [5, 5.41) is 9.76. The Hall–Kier alpha value is -0.0800. The fourth-order valence-electron chi connectivity index (χ4n) is 1.26. The van der Waals surface area contributed by atoms with Gasteiger partial charge in [0.2, 0.25) is 0 Å². The first kappa shape index (κ1) is 11.9. The second-order valence-electron chi connectivity index (χ2n) is 3.90. The minimum absolute atomic E-state index is 0.0185. The Morgan fingerprint density at radius 1 is 1.08 bits per heavy atom. The molecule has 0 saturated heterocycles. The minimum Gasteiger partial charge on any atom is -0.390 e. The van der Waals surface area contributed by atoms with Gasteiger partial charge in [-0.1, -0.05) is 27.7 Å². The van der Waals surface area contributed by atoms with E-state index in [2.05, 4.69) is 13.8 Å². The van der Waals surface area contributed by atoms with E-state index in [1.165, 1.54) is 0 Å². The first-order valence-corrected chi connectivity index (χ1v) is 4.80. The van der Waals surface area contributed by atoms with Gasteiger partial charge < -0.3 is 9.84 Å². The molecule has 2 unspecified atom stereocenters. The van der Waals surface area contributed by atoms with E-state index in [4.69, 9.17) is 4.74 Å². The van der Waals surface area contributed by atoms with Crippen molar-refractivity contribution in [2.75, 3.05) is 6.61 Å². The van der Waals surface area contributed by atoms with Gasteiger partial charge in [0.05, 0.1) is 12.2 Å². The highest BCUT2D eigenvalue weighted by atomic mass is 16.5. The largest absolute Gasteiger partial charge is 0.390 e. The minimum atomic E-state index is -0.343. The Kier molecular flexibility index (Phi) is 5.51. The van der Waals surface area contributed by atoms with Crippen LogP contribution in [0, 0.1) is 11.8 Å². The Morgan fingerprint density at radius 2 is 1.58 bits per heavy atom. The van der Waals surface area contributed by atoms with Crippen molar-refractivity contribution in [3.8, 4) is 0 Å². The van der Waals surface area contributed by atoms with Crippen molar-refractivity contribution in [1.29, 1.82) is 0 Å². The van der Waals surface area contributed by atoms with Gasteiger partial charge in [-0.25, -0.2) is 0 Å². The summed E-state index contributed by atoms with van der Waals surface area (Å²) in [6.07, 6.45) is -0.361. The first-order valence-electron chi connectivity index (χ1n) is 4.80. The standard InChI is InChI=1S/C10H22O2/c1-6-12-10(8(4)5)9(11)7(2)3/h7-11H,6H2,1-5H3. The van der Waals surface area contributed by atoms with Crippen molar-refractivity contribution in [1.82, 2.24) is 0 Å². The molecule has 0 aromatic rings. The SMILES string of the molecule is CCOC(C(C)C)C(O)C(C)C. The topological polar surface area (TPSA) is 29.5 Å². The van der Waals surface area contributed by atoms with Crippen molar-refractivity contribution in [2.24, 2.45) is 11.8 Å². The summed E-state index contributed by atoms with van der Waals surface area (Å²) in [7, 11) is 0. The predicted octanol–water partition coefficient (Wildman–Crippen LogP) is 2.06. The van der Waals surface area contributed by atoms with Gasteiger partial charge in [0.15, 0.2) is 0 Å². The Balaban J connectivity index is 4.09. The molecule has 0 aliphatic carbocycles. The number of rotatable bonds is 5. The lowest BCUT2D eigenvalue weighted by Gasteiger charge is -2.28. The van der Waals surface area contributed by atoms with E-state index in [9.17, 15) is 5.11 Å². The van der Waals surface area contributed by atoms with E-state index in [1.807, 2.05) is 20.8 Å². The molecule has 0 aliphatic heterocycles. The Labute approximate surface area is 75.9 Å². The van der Waals surface area contributed by atoms with Crippen LogP contribution in [0.3, 0.4) is 0 Å². The quantitative estimate of drug-likeness (QED) is 0.691. The molecule has 1 N–H and O–H groups in total. The Bertz CT molecular complexity index is 110. The highest BCUT2D eigenvalue weighted by molar-refractivity contribution is 4.74. The number of hydrogen-bond donors (Lipinski definition) is 1. The maximum absolute atomic E-state index is 9.76. The average molecular weight is 174 g/mol. The van der Waals surface area contributed by atoms with Gasteiger partial charge in [-0.3, -0.25) is 0 Å². The molecule has 0 aliphatic rings.